The number of rotatable bonds is 4. The topological polar surface area (TPSA) is 81.4 Å². The van der Waals surface area contributed by atoms with Crippen molar-refractivity contribution in [3.05, 3.63) is 84.7 Å². The molecule has 0 spiro atoms. The molecule has 3 aromatic heterocycles. The van der Waals surface area contributed by atoms with Gasteiger partial charge in [0.05, 0.1) is 30.1 Å². The van der Waals surface area contributed by atoms with Crippen molar-refractivity contribution in [2.24, 2.45) is 0 Å². The average molecular weight is 395 g/mol. The van der Waals surface area contributed by atoms with E-state index in [1.807, 2.05) is 48.5 Å². The second-order valence-electron chi connectivity index (χ2n) is 6.69. The van der Waals surface area contributed by atoms with Crippen molar-refractivity contribution in [2.75, 3.05) is 12.4 Å². The van der Waals surface area contributed by atoms with E-state index in [9.17, 15) is 4.79 Å². The van der Waals surface area contributed by atoms with Gasteiger partial charge in [-0.2, -0.15) is 9.61 Å². The number of ether oxygens (including phenoxy) is 1. The predicted molar refractivity (Wildman–Crippen MR) is 115 cm³/mol. The molecule has 2 aromatic carbocycles. The van der Waals surface area contributed by atoms with Gasteiger partial charge in [0.1, 0.15) is 11.6 Å². The number of hydrogen-bond donors (Lipinski definition) is 1. The number of carbonyl (C=O) groups excluding carboxylic acids is 1. The number of pyridine rings is 1. The molecule has 0 aliphatic heterocycles. The van der Waals surface area contributed by atoms with E-state index in [0.29, 0.717) is 22.7 Å². The monoisotopic (exact) mass is 395 g/mol. The van der Waals surface area contributed by atoms with Gasteiger partial charge >= 0.3 is 0 Å². The lowest BCUT2D eigenvalue weighted by atomic mass is 10.0. The molecule has 5 aromatic rings. The first kappa shape index (κ1) is 17.8. The van der Waals surface area contributed by atoms with Crippen LogP contribution >= 0.6 is 0 Å². The van der Waals surface area contributed by atoms with E-state index in [1.165, 1.54) is 0 Å². The average Bonchev–Trinajstić information content (AvgIpc) is 3.28. The number of amides is 1. The highest BCUT2D eigenvalue weighted by Crippen LogP contribution is 2.27. The summed E-state index contributed by atoms with van der Waals surface area (Å²) in [5, 5.41) is 7.95. The van der Waals surface area contributed by atoms with Gasteiger partial charge in [0.15, 0.2) is 5.65 Å². The molecule has 0 aliphatic rings. The van der Waals surface area contributed by atoms with Crippen LogP contribution in [0.1, 0.15) is 10.4 Å². The summed E-state index contributed by atoms with van der Waals surface area (Å²) in [5.41, 5.74) is 3.54. The first-order valence-electron chi connectivity index (χ1n) is 9.37. The van der Waals surface area contributed by atoms with Crippen molar-refractivity contribution < 1.29 is 9.53 Å². The maximum absolute atomic E-state index is 13.3. The lowest BCUT2D eigenvalue weighted by molar-refractivity contribution is 0.102. The molecule has 0 fully saturated rings. The number of nitrogens with zero attached hydrogens (tertiary/aromatic N) is 4. The van der Waals surface area contributed by atoms with Crippen molar-refractivity contribution in [2.45, 2.75) is 0 Å². The molecule has 30 heavy (non-hydrogen) atoms. The SMILES string of the molecule is COc1ccc(-c2cc(C(=O)Nc3ccnc4ccnn34)c3ccccc3n2)cc1. The van der Waals surface area contributed by atoms with Crippen LogP contribution < -0.4 is 10.1 Å². The first-order valence-corrected chi connectivity index (χ1v) is 9.37. The van der Waals surface area contributed by atoms with Gasteiger partial charge in [-0.25, -0.2) is 9.97 Å². The number of carbonyl (C=O) groups is 1. The van der Waals surface area contributed by atoms with E-state index in [-0.39, 0.29) is 5.91 Å². The Bertz CT molecular complexity index is 1380. The summed E-state index contributed by atoms with van der Waals surface area (Å²) >= 11 is 0. The summed E-state index contributed by atoms with van der Waals surface area (Å²) in [4.78, 5) is 22.2. The van der Waals surface area contributed by atoms with Crippen LogP contribution in [0.15, 0.2) is 79.1 Å². The van der Waals surface area contributed by atoms with Gasteiger partial charge < -0.3 is 10.1 Å². The maximum atomic E-state index is 13.3. The summed E-state index contributed by atoms with van der Waals surface area (Å²) in [6, 6.07) is 20.5. The van der Waals surface area contributed by atoms with E-state index in [4.69, 9.17) is 9.72 Å². The van der Waals surface area contributed by atoms with Crippen molar-refractivity contribution in [3.63, 3.8) is 0 Å². The molecule has 1 N–H and O–H groups in total. The summed E-state index contributed by atoms with van der Waals surface area (Å²) in [6.45, 7) is 0. The fraction of sp³-hybridized carbons (Fsp3) is 0.0435. The molecule has 0 unspecified atom stereocenters. The number of anilines is 1. The molecule has 5 rings (SSSR count). The van der Waals surface area contributed by atoms with E-state index in [0.717, 1.165) is 22.2 Å². The minimum Gasteiger partial charge on any atom is -0.497 e. The lowest BCUT2D eigenvalue weighted by Gasteiger charge is -2.11. The van der Waals surface area contributed by atoms with E-state index < -0.39 is 0 Å². The minimum absolute atomic E-state index is 0.244. The second-order valence-corrected chi connectivity index (χ2v) is 6.69. The molecule has 0 aliphatic carbocycles. The number of benzene rings is 2. The Morgan fingerprint density at radius 3 is 2.67 bits per heavy atom. The maximum Gasteiger partial charge on any atom is 0.257 e. The van der Waals surface area contributed by atoms with Crippen molar-refractivity contribution in [3.8, 4) is 17.0 Å². The molecule has 146 valence electrons. The van der Waals surface area contributed by atoms with Crippen LogP contribution in [-0.2, 0) is 0 Å². The second kappa shape index (κ2) is 7.29. The molecule has 0 radical (unpaired) electrons. The number of nitrogens with one attached hydrogen (secondary N) is 1. The summed E-state index contributed by atoms with van der Waals surface area (Å²) in [7, 11) is 1.63. The van der Waals surface area contributed by atoms with Crippen LogP contribution in [-0.4, -0.2) is 32.6 Å². The van der Waals surface area contributed by atoms with Gasteiger partial charge in [-0.3, -0.25) is 4.79 Å². The van der Waals surface area contributed by atoms with Gasteiger partial charge in [0, 0.05) is 23.2 Å². The smallest absolute Gasteiger partial charge is 0.257 e. The Labute approximate surface area is 172 Å². The lowest BCUT2D eigenvalue weighted by Crippen LogP contribution is -2.16. The highest BCUT2D eigenvalue weighted by Gasteiger charge is 2.15. The molecule has 7 nitrogen and oxygen atoms in total. The number of aromatic nitrogens is 4. The number of para-hydroxylation sites is 1. The first-order chi connectivity index (χ1) is 14.7. The van der Waals surface area contributed by atoms with Crippen LogP contribution in [0.3, 0.4) is 0 Å². The number of fused-ring (bicyclic) bond motifs is 2. The molecular weight excluding hydrogens is 378 g/mol. The van der Waals surface area contributed by atoms with E-state index >= 15 is 0 Å². The number of methoxy groups -OCH3 is 1. The van der Waals surface area contributed by atoms with Crippen LogP contribution in [0.25, 0.3) is 27.8 Å². The molecular formula is C23H17N5O2. The van der Waals surface area contributed by atoms with Crippen molar-refractivity contribution >= 4 is 28.3 Å². The van der Waals surface area contributed by atoms with Crippen molar-refractivity contribution in [1.29, 1.82) is 0 Å². The van der Waals surface area contributed by atoms with E-state index in [1.54, 1.807) is 42.2 Å². The fourth-order valence-corrected chi connectivity index (χ4v) is 3.39. The highest BCUT2D eigenvalue weighted by molar-refractivity contribution is 6.12. The van der Waals surface area contributed by atoms with Gasteiger partial charge in [-0.15, -0.1) is 0 Å². The Hall–Kier alpha value is -4.26. The summed E-state index contributed by atoms with van der Waals surface area (Å²) in [6.07, 6.45) is 3.28. The van der Waals surface area contributed by atoms with Crippen LogP contribution in [0.2, 0.25) is 0 Å². The molecule has 0 saturated heterocycles. The molecule has 3 heterocycles. The Morgan fingerprint density at radius 2 is 1.83 bits per heavy atom. The molecule has 0 bridgehead atoms. The van der Waals surface area contributed by atoms with Crippen LogP contribution in [0.5, 0.6) is 5.75 Å². The third-order valence-corrected chi connectivity index (χ3v) is 4.88. The van der Waals surface area contributed by atoms with Crippen LogP contribution in [0.4, 0.5) is 5.82 Å². The third-order valence-electron chi connectivity index (χ3n) is 4.88. The van der Waals surface area contributed by atoms with E-state index in [2.05, 4.69) is 15.4 Å². The fourth-order valence-electron chi connectivity index (χ4n) is 3.39. The molecule has 1 amide bonds. The minimum atomic E-state index is -0.244. The summed E-state index contributed by atoms with van der Waals surface area (Å²) < 4.78 is 6.82. The molecule has 7 heteroatoms. The van der Waals surface area contributed by atoms with Gasteiger partial charge in [0.2, 0.25) is 0 Å². The number of hydrogen-bond acceptors (Lipinski definition) is 5. The predicted octanol–water partition coefficient (Wildman–Crippen LogP) is 4.21. The van der Waals surface area contributed by atoms with Gasteiger partial charge in [-0.1, -0.05) is 18.2 Å². The normalized spacial score (nSPS) is 11.0. The molecule has 0 atom stereocenters. The Kier molecular flexibility index (Phi) is 4.33. The van der Waals surface area contributed by atoms with Crippen LogP contribution in [0, 0.1) is 0 Å². The summed E-state index contributed by atoms with van der Waals surface area (Å²) in [5.74, 6) is 1.06. The zero-order valence-electron chi connectivity index (χ0n) is 16.1. The quantitative estimate of drug-likeness (QED) is 0.493. The Morgan fingerprint density at radius 1 is 1.00 bits per heavy atom. The van der Waals surface area contributed by atoms with Gasteiger partial charge in [-0.05, 0) is 42.5 Å². The zero-order chi connectivity index (χ0) is 20.5. The van der Waals surface area contributed by atoms with Crippen molar-refractivity contribution in [1.82, 2.24) is 19.6 Å². The van der Waals surface area contributed by atoms with Gasteiger partial charge in [0.25, 0.3) is 5.91 Å². The third kappa shape index (κ3) is 3.12. The largest absolute Gasteiger partial charge is 0.497 e. The standard InChI is InChI=1S/C23H17N5O2/c1-30-16-8-6-15(7-9-16)20-14-18(17-4-2-3-5-19(17)26-20)23(29)27-22-10-12-24-21-11-13-25-28(21)22/h2-14H,1H3,(H,27,29). The molecule has 0 saturated carbocycles. The Balaban J connectivity index is 1.60. The zero-order valence-corrected chi connectivity index (χ0v) is 16.1. The highest BCUT2D eigenvalue weighted by atomic mass is 16.5.